The van der Waals surface area contributed by atoms with Crippen molar-refractivity contribution < 1.29 is 86.8 Å². The number of hydrogen-bond acceptors (Lipinski definition) is 20. The number of esters is 3. The molecular weight excluding hydrogens is 1530 g/mol. The third-order valence-electron chi connectivity index (χ3n) is 18.0. The number of carbonyl (C=O) groups is 13. The number of carbonyl (C=O) groups excluding carboxylic acids is 11. The standard InChI is InChI=1S/C29H26ClN3O7.C28H24ClN3O7.C24H20ClN3O4.3CH4/c1-17(34)40-16-27(36)32-24-11-18(6-8-23(24)29(38)39-2)15-33-25(14-21-5-3-4-10-31-21)26(35)13-19-12-20(30)7-9-22(19)28(33)37;1-16(33)39-15-26(35)31-23-10-17(5-7-22(23)28(37)38)14-32-24(13-20-4-2-3-9-30-20)25(34)12-18-11-19(29)6-8-21(18)27(32)36;25-16-5-7-18-15(10-16)11-22(29)21(12-17-3-1-2-8-27-17)28(23(18)30)13-14-4-6-19(24(31)32)20(26)9-14;;;/h3-12,25H,13-16H2,1-2H3,(H,32,36);2-11,24H,12-15H2,1H3,(H,31,35)(H,37,38);1-10,21H,11-13,26H2,(H,31,32);3*1H4/t25-;24-;21-;;;/m111.../s1. The lowest BCUT2D eigenvalue weighted by Crippen LogP contribution is -2.45. The number of carboxylic acid groups (broad SMARTS) is 2. The molecule has 3 aromatic heterocycles. The van der Waals surface area contributed by atoms with E-state index in [0.717, 1.165) is 6.92 Å². The lowest BCUT2D eigenvalue weighted by Gasteiger charge is -2.29. The van der Waals surface area contributed by atoms with Gasteiger partial charge in [0.15, 0.2) is 30.6 Å². The molecule has 0 fully saturated rings. The number of nitrogen functional groups attached to an aromatic ring is 1. The van der Waals surface area contributed by atoms with Gasteiger partial charge in [0, 0.05) is 145 Å². The smallest absolute Gasteiger partial charge is 0.339 e. The van der Waals surface area contributed by atoms with Crippen LogP contribution in [0.2, 0.25) is 15.1 Å². The molecule has 6 heterocycles. The van der Waals surface area contributed by atoms with Crippen molar-refractivity contribution in [3.05, 3.63) is 281 Å². The molecule has 0 aliphatic carbocycles. The van der Waals surface area contributed by atoms with Crippen molar-refractivity contribution in [2.75, 3.05) is 36.7 Å². The maximum absolute atomic E-state index is 13.8. The Morgan fingerprint density at radius 3 is 1.08 bits per heavy atom. The number of benzene rings is 6. The van der Waals surface area contributed by atoms with Crippen LogP contribution >= 0.6 is 34.8 Å². The summed E-state index contributed by atoms with van der Waals surface area (Å²) >= 11 is 18.4. The fourth-order valence-electron chi connectivity index (χ4n) is 12.7. The number of fused-ring (bicyclic) bond motifs is 3. The fourth-order valence-corrected chi connectivity index (χ4v) is 13.3. The minimum atomic E-state index is -1.29. The molecule has 592 valence electrons. The number of pyridine rings is 3. The van der Waals surface area contributed by atoms with Gasteiger partial charge in [0.2, 0.25) is 0 Å². The molecule has 27 nitrogen and oxygen atoms in total. The molecule has 30 heteroatoms. The predicted molar refractivity (Wildman–Crippen MR) is 425 cm³/mol. The fraction of sp³-hybridized carbons (Fsp3) is 0.238. The molecule has 0 spiro atoms. The maximum atomic E-state index is 13.8. The Balaban J connectivity index is 0.000000235. The topological polar surface area (TPSA) is 389 Å². The van der Waals surface area contributed by atoms with Crippen molar-refractivity contribution in [1.29, 1.82) is 0 Å². The molecule has 0 unspecified atom stereocenters. The Kier molecular flexibility index (Phi) is 31.3. The number of Topliss-reactive ketones (excluding diaryl/α,β-unsaturated/α-hetero) is 3. The normalized spacial score (nSPS) is 14.7. The molecule has 114 heavy (non-hydrogen) atoms. The second-order valence-corrected chi connectivity index (χ2v) is 27.0. The first kappa shape index (κ1) is 88.4. The van der Waals surface area contributed by atoms with Crippen molar-refractivity contribution in [2.45, 2.75) is 112 Å². The molecule has 0 saturated carbocycles. The highest BCUT2D eigenvalue weighted by Crippen LogP contribution is 2.33. The first-order valence-corrected chi connectivity index (χ1v) is 35.4. The molecule has 6 N–H and O–H groups in total. The van der Waals surface area contributed by atoms with Gasteiger partial charge < -0.3 is 55.5 Å². The van der Waals surface area contributed by atoms with E-state index in [1.54, 1.807) is 128 Å². The van der Waals surface area contributed by atoms with Crippen LogP contribution in [0.15, 0.2) is 182 Å². The highest BCUT2D eigenvalue weighted by molar-refractivity contribution is 6.31. The van der Waals surface area contributed by atoms with Crippen molar-refractivity contribution in [2.24, 2.45) is 0 Å². The van der Waals surface area contributed by atoms with Crippen LogP contribution < -0.4 is 16.4 Å². The molecule has 6 aromatic carbocycles. The van der Waals surface area contributed by atoms with E-state index in [1.165, 1.54) is 71.2 Å². The number of aromatic carboxylic acids is 2. The minimum Gasteiger partial charge on any atom is -0.478 e. The lowest BCUT2D eigenvalue weighted by molar-refractivity contribution is -0.145. The lowest BCUT2D eigenvalue weighted by atomic mass is 9.99. The van der Waals surface area contributed by atoms with Crippen LogP contribution in [-0.4, -0.2) is 155 Å². The van der Waals surface area contributed by atoms with Gasteiger partial charge in [0.05, 0.1) is 53.3 Å². The van der Waals surface area contributed by atoms with E-state index in [0.29, 0.717) is 82.2 Å². The second-order valence-electron chi connectivity index (χ2n) is 25.7. The zero-order valence-electron chi connectivity index (χ0n) is 59.7. The number of rotatable bonds is 21. The number of nitrogens with zero attached hydrogens (tertiary/aromatic N) is 6. The first-order chi connectivity index (χ1) is 53.1. The summed E-state index contributed by atoms with van der Waals surface area (Å²) in [6, 6.07) is 41.4. The number of hydrogen-bond donors (Lipinski definition) is 5. The molecule has 12 rings (SSSR count). The molecule has 3 aliphatic heterocycles. The quantitative estimate of drug-likeness (QED) is 0.0253. The Morgan fingerprint density at radius 1 is 0.447 bits per heavy atom. The van der Waals surface area contributed by atoms with Gasteiger partial charge in [0.25, 0.3) is 29.5 Å². The number of aromatic nitrogens is 3. The molecule has 0 bridgehead atoms. The summed E-state index contributed by atoms with van der Waals surface area (Å²) in [5.41, 5.74) is 12.2. The van der Waals surface area contributed by atoms with E-state index >= 15 is 0 Å². The summed E-state index contributed by atoms with van der Waals surface area (Å²) in [6.07, 6.45) is 5.60. The van der Waals surface area contributed by atoms with Gasteiger partial charge in [-0.2, -0.15) is 0 Å². The van der Waals surface area contributed by atoms with Crippen LogP contribution in [0.5, 0.6) is 0 Å². The molecule has 5 amide bonds. The number of carboxylic acids is 2. The number of methoxy groups -OCH3 is 1. The van der Waals surface area contributed by atoms with Crippen LogP contribution in [0.3, 0.4) is 0 Å². The van der Waals surface area contributed by atoms with Gasteiger partial charge in [-0.3, -0.25) is 62.9 Å². The highest BCUT2D eigenvalue weighted by atomic mass is 35.5. The first-order valence-electron chi connectivity index (χ1n) is 34.2. The summed E-state index contributed by atoms with van der Waals surface area (Å²) in [5, 5.41) is 25.1. The second kappa shape index (κ2) is 40.4. The molecule has 3 aliphatic rings. The highest BCUT2D eigenvalue weighted by Gasteiger charge is 2.40. The van der Waals surface area contributed by atoms with Crippen molar-refractivity contribution in [3.63, 3.8) is 0 Å². The number of nitrogens with one attached hydrogen (secondary N) is 2. The SMILES string of the molecule is C.C.C.CC(=O)OCC(=O)Nc1cc(CN2C(=O)c3ccc(Cl)cc3CC(=O)[C@H]2Cc2ccccn2)ccc1C(=O)O.COC(=O)c1ccc(CN2C(=O)c3ccc(Cl)cc3CC(=O)[C@H]2Cc2ccccn2)cc1NC(=O)COC(C)=O.Nc1cc(CN2C(=O)c3ccc(Cl)cc3CC(=O)[C@H]2Cc2ccccn2)ccc1C(=O)O. The third-order valence-corrected chi connectivity index (χ3v) is 18.7. The van der Waals surface area contributed by atoms with E-state index in [1.807, 2.05) is 12.1 Å². The van der Waals surface area contributed by atoms with Gasteiger partial charge in [-0.05, 0) is 161 Å². The summed E-state index contributed by atoms with van der Waals surface area (Å²) in [7, 11) is 1.20. The number of anilines is 3. The van der Waals surface area contributed by atoms with E-state index in [-0.39, 0.29) is 143 Å². The van der Waals surface area contributed by atoms with Crippen molar-refractivity contribution in [3.8, 4) is 0 Å². The van der Waals surface area contributed by atoms with E-state index < -0.39 is 78.9 Å². The zero-order valence-corrected chi connectivity index (χ0v) is 61.9. The minimum absolute atomic E-state index is 0. The predicted octanol–water partition coefficient (Wildman–Crippen LogP) is 12.0. The average molecular weight is 1610 g/mol. The van der Waals surface area contributed by atoms with Gasteiger partial charge in [0.1, 0.15) is 0 Å². The number of halogens is 3. The molecule has 9 aromatic rings. The largest absolute Gasteiger partial charge is 0.478 e. The monoisotopic (exact) mass is 1610 g/mol. The van der Waals surface area contributed by atoms with E-state index in [2.05, 4.69) is 30.3 Å². The van der Waals surface area contributed by atoms with Crippen LogP contribution in [0.1, 0.15) is 149 Å². The Morgan fingerprint density at radius 2 is 0.772 bits per heavy atom. The van der Waals surface area contributed by atoms with Gasteiger partial charge >= 0.3 is 29.8 Å². The van der Waals surface area contributed by atoms with E-state index in [9.17, 15) is 72.5 Å². The number of nitrogens with two attached hydrogens (primary N) is 1. The summed E-state index contributed by atoms with van der Waals surface area (Å²) in [4.78, 5) is 181. The Bertz CT molecular complexity index is 5150. The maximum Gasteiger partial charge on any atom is 0.339 e. The summed E-state index contributed by atoms with van der Waals surface area (Å²) in [5.74, 6) is -7.39. The molecular formula is C84H82Cl3N9O18. The van der Waals surface area contributed by atoms with Crippen molar-refractivity contribution in [1.82, 2.24) is 29.7 Å². The van der Waals surface area contributed by atoms with Gasteiger partial charge in [-0.1, -0.05) is 93.5 Å². The molecule has 0 saturated heterocycles. The van der Waals surface area contributed by atoms with Crippen LogP contribution in [0.25, 0.3) is 0 Å². The van der Waals surface area contributed by atoms with E-state index in [4.69, 9.17) is 50.0 Å². The van der Waals surface area contributed by atoms with Crippen LogP contribution in [-0.2, 0) is 106 Å². The molecule has 0 radical (unpaired) electrons. The molecule has 3 atom stereocenters. The number of ether oxygens (including phenoxy) is 3. The summed E-state index contributed by atoms with van der Waals surface area (Å²) < 4.78 is 14.2. The Hall–Kier alpha value is -12.9. The van der Waals surface area contributed by atoms with Gasteiger partial charge in [-0.15, -0.1) is 0 Å². The van der Waals surface area contributed by atoms with Crippen LogP contribution in [0, 0.1) is 0 Å². The number of amides is 5. The summed E-state index contributed by atoms with van der Waals surface area (Å²) in [6.45, 7) is 1.18. The Labute approximate surface area is 671 Å². The average Bonchev–Trinajstić information content (AvgIpc) is 1.62. The third kappa shape index (κ3) is 22.7. The van der Waals surface area contributed by atoms with Gasteiger partial charge in [-0.25, -0.2) is 14.4 Å². The number of ketones is 3. The van der Waals surface area contributed by atoms with Crippen LogP contribution in [0.4, 0.5) is 17.1 Å². The zero-order chi connectivity index (χ0) is 79.7. The van der Waals surface area contributed by atoms with Crippen molar-refractivity contribution >= 4 is 129 Å².